The number of benzene rings is 2. The van der Waals surface area contributed by atoms with E-state index in [9.17, 15) is 4.79 Å². The van der Waals surface area contributed by atoms with Crippen LogP contribution in [0.15, 0.2) is 48.5 Å². The Labute approximate surface area is 144 Å². The van der Waals surface area contributed by atoms with Crippen molar-refractivity contribution in [1.82, 2.24) is 0 Å². The summed E-state index contributed by atoms with van der Waals surface area (Å²) in [4.78, 5) is 12.1. The van der Waals surface area contributed by atoms with Gasteiger partial charge in [-0.25, -0.2) is 4.79 Å². The molecule has 23 heavy (non-hydrogen) atoms. The Morgan fingerprint density at radius 2 is 1.91 bits per heavy atom. The minimum Gasteiger partial charge on any atom is -0.457 e. The third kappa shape index (κ3) is 4.10. The minimum absolute atomic E-state index is 0.171. The van der Waals surface area contributed by atoms with E-state index in [1.54, 1.807) is 18.2 Å². The topological polar surface area (TPSA) is 50.1 Å². The van der Waals surface area contributed by atoms with Gasteiger partial charge in [-0.1, -0.05) is 24.3 Å². The molecule has 0 spiro atoms. The molecule has 0 aromatic heterocycles. The van der Waals surface area contributed by atoms with Gasteiger partial charge in [0.2, 0.25) is 0 Å². The zero-order valence-corrected chi connectivity index (χ0v) is 14.0. The molecule has 3 rings (SSSR count). The summed E-state index contributed by atoms with van der Waals surface area (Å²) in [6.45, 7) is 0.171. The first kappa shape index (κ1) is 16.0. The van der Waals surface area contributed by atoms with Crippen LogP contribution in [0.2, 0.25) is 0 Å². The maximum atomic E-state index is 12.1. The Balaban J connectivity index is 1.60. The average molecular weight is 341 g/mol. The van der Waals surface area contributed by atoms with E-state index in [-0.39, 0.29) is 12.6 Å². The van der Waals surface area contributed by atoms with Crippen LogP contribution in [0.3, 0.4) is 0 Å². The Hall–Kier alpha value is -1.90. The number of nitriles is 1. The summed E-state index contributed by atoms with van der Waals surface area (Å²) >= 11 is 3.88. The lowest BCUT2D eigenvalue weighted by Gasteiger charge is -2.09. The van der Waals surface area contributed by atoms with E-state index >= 15 is 0 Å². The SMILES string of the molecule is N#Cc1cccc(COC(=O)c2ccc(C3SCCS3)cc2)c1. The summed E-state index contributed by atoms with van der Waals surface area (Å²) in [7, 11) is 0. The molecule has 0 radical (unpaired) electrons. The first-order chi connectivity index (χ1) is 11.3. The molecule has 1 heterocycles. The standard InChI is InChI=1S/C18H15NO2S2/c19-11-13-2-1-3-14(10-13)12-21-17(20)15-4-6-16(7-5-15)18-22-8-9-23-18/h1-7,10,18H,8-9,12H2. The molecular weight excluding hydrogens is 326 g/mol. The average Bonchev–Trinajstić information content (AvgIpc) is 3.14. The summed E-state index contributed by atoms with van der Waals surface area (Å²) in [5.41, 5.74) is 3.18. The number of ether oxygens (including phenoxy) is 1. The number of thioether (sulfide) groups is 2. The number of carbonyl (C=O) groups excluding carboxylic acids is 1. The second-order valence-electron chi connectivity index (χ2n) is 5.08. The molecule has 2 aromatic rings. The second-order valence-corrected chi connectivity index (χ2v) is 7.81. The fourth-order valence-corrected chi connectivity index (χ4v) is 5.15. The fraction of sp³-hybridized carbons (Fsp3) is 0.222. The quantitative estimate of drug-likeness (QED) is 0.772. The van der Waals surface area contributed by atoms with Gasteiger partial charge in [0, 0.05) is 11.5 Å². The van der Waals surface area contributed by atoms with E-state index in [0.29, 0.717) is 15.7 Å². The molecule has 0 bridgehead atoms. The Bertz CT molecular complexity index is 731. The first-order valence-electron chi connectivity index (χ1n) is 7.25. The highest BCUT2D eigenvalue weighted by Crippen LogP contribution is 2.45. The van der Waals surface area contributed by atoms with Crippen molar-refractivity contribution in [3.8, 4) is 6.07 Å². The summed E-state index contributed by atoms with van der Waals surface area (Å²) in [5, 5.41) is 8.87. The van der Waals surface area contributed by atoms with E-state index < -0.39 is 0 Å². The van der Waals surface area contributed by atoms with Gasteiger partial charge >= 0.3 is 5.97 Å². The predicted molar refractivity (Wildman–Crippen MR) is 94.4 cm³/mol. The highest BCUT2D eigenvalue weighted by Gasteiger charge is 2.18. The van der Waals surface area contributed by atoms with Crippen LogP contribution in [0.25, 0.3) is 0 Å². The van der Waals surface area contributed by atoms with Crippen molar-refractivity contribution >= 4 is 29.5 Å². The summed E-state index contributed by atoms with van der Waals surface area (Å²) in [5.74, 6) is 2.02. The summed E-state index contributed by atoms with van der Waals surface area (Å²) in [6.07, 6.45) is 0. The Kier molecular flexibility index (Phi) is 5.27. The van der Waals surface area contributed by atoms with Crippen molar-refractivity contribution in [2.75, 3.05) is 11.5 Å². The Morgan fingerprint density at radius 3 is 2.61 bits per heavy atom. The van der Waals surface area contributed by atoms with Gasteiger partial charge in [0.15, 0.2) is 0 Å². The Morgan fingerprint density at radius 1 is 1.17 bits per heavy atom. The van der Waals surface area contributed by atoms with E-state index in [1.807, 2.05) is 53.9 Å². The van der Waals surface area contributed by atoms with Gasteiger partial charge in [0.25, 0.3) is 0 Å². The van der Waals surface area contributed by atoms with Crippen LogP contribution in [0.5, 0.6) is 0 Å². The molecule has 5 heteroatoms. The molecule has 3 nitrogen and oxygen atoms in total. The molecule has 1 aliphatic heterocycles. The van der Waals surface area contributed by atoms with E-state index in [2.05, 4.69) is 6.07 Å². The highest BCUT2D eigenvalue weighted by molar-refractivity contribution is 8.19. The van der Waals surface area contributed by atoms with Crippen molar-refractivity contribution in [2.24, 2.45) is 0 Å². The van der Waals surface area contributed by atoms with Crippen LogP contribution < -0.4 is 0 Å². The van der Waals surface area contributed by atoms with Gasteiger partial charge < -0.3 is 4.74 Å². The van der Waals surface area contributed by atoms with Crippen LogP contribution in [0, 0.1) is 11.3 Å². The summed E-state index contributed by atoms with van der Waals surface area (Å²) in [6, 6.07) is 16.8. The molecule has 1 aliphatic rings. The molecular formula is C18H15NO2S2. The van der Waals surface area contributed by atoms with Gasteiger partial charge in [0.05, 0.1) is 21.8 Å². The second kappa shape index (κ2) is 7.58. The number of rotatable bonds is 4. The van der Waals surface area contributed by atoms with Crippen LogP contribution in [0.4, 0.5) is 0 Å². The first-order valence-corrected chi connectivity index (χ1v) is 9.35. The van der Waals surface area contributed by atoms with E-state index in [4.69, 9.17) is 10.00 Å². The number of nitrogens with zero attached hydrogens (tertiary/aromatic N) is 1. The maximum Gasteiger partial charge on any atom is 0.338 e. The lowest BCUT2D eigenvalue weighted by atomic mass is 10.1. The fourth-order valence-electron chi connectivity index (χ4n) is 2.29. The van der Waals surface area contributed by atoms with E-state index in [1.165, 1.54) is 17.1 Å². The van der Waals surface area contributed by atoms with Crippen molar-refractivity contribution in [1.29, 1.82) is 5.26 Å². The molecule has 0 saturated carbocycles. The van der Waals surface area contributed by atoms with Crippen LogP contribution >= 0.6 is 23.5 Å². The molecule has 0 amide bonds. The number of esters is 1. The van der Waals surface area contributed by atoms with E-state index in [0.717, 1.165) is 5.56 Å². The zero-order chi connectivity index (χ0) is 16.1. The molecule has 0 unspecified atom stereocenters. The van der Waals surface area contributed by atoms with Gasteiger partial charge in [0.1, 0.15) is 6.61 Å². The molecule has 0 atom stereocenters. The highest BCUT2D eigenvalue weighted by atomic mass is 32.2. The predicted octanol–water partition coefficient (Wildman–Crippen LogP) is 4.39. The van der Waals surface area contributed by atoms with Crippen LogP contribution in [0.1, 0.15) is 31.6 Å². The third-order valence-electron chi connectivity index (χ3n) is 3.47. The smallest absolute Gasteiger partial charge is 0.338 e. The molecule has 116 valence electrons. The van der Waals surface area contributed by atoms with Crippen LogP contribution in [-0.2, 0) is 11.3 Å². The molecule has 2 aromatic carbocycles. The molecule has 0 N–H and O–H groups in total. The minimum atomic E-state index is -0.342. The normalized spacial score (nSPS) is 14.4. The van der Waals surface area contributed by atoms with Gasteiger partial charge in [-0.15, -0.1) is 23.5 Å². The number of hydrogen-bond acceptors (Lipinski definition) is 5. The van der Waals surface area contributed by atoms with Crippen molar-refractivity contribution < 1.29 is 9.53 Å². The molecule has 0 aliphatic carbocycles. The lowest BCUT2D eigenvalue weighted by Crippen LogP contribution is -2.05. The maximum absolute atomic E-state index is 12.1. The number of hydrogen-bond donors (Lipinski definition) is 0. The zero-order valence-electron chi connectivity index (χ0n) is 12.4. The van der Waals surface area contributed by atoms with Crippen molar-refractivity contribution in [3.05, 3.63) is 70.8 Å². The lowest BCUT2D eigenvalue weighted by molar-refractivity contribution is 0.0472. The monoisotopic (exact) mass is 341 g/mol. The molecule has 1 fully saturated rings. The van der Waals surface area contributed by atoms with Gasteiger partial charge in [-0.05, 0) is 35.4 Å². The van der Waals surface area contributed by atoms with Crippen LogP contribution in [-0.4, -0.2) is 17.5 Å². The number of carbonyl (C=O) groups is 1. The van der Waals surface area contributed by atoms with Gasteiger partial charge in [-0.3, -0.25) is 0 Å². The van der Waals surface area contributed by atoms with Crippen molar-refractivity contribution in [2.45, 2.75) is 11.2 Å². The van der Waals surface area contributed by atoms with Gasteiger partial charge in [-0.2, -0.15) is 5.26 Å². The largest absolute Gasteiger partial charge is 0.457 e. The summed E-state index contributed by atoms with van der Waals surface area (Å²) < 4.78 is 5.80. The third-order valence-corrected chi connectivity index (χ3v) is 6.57. The molecule has 1 saturated heterocycles. The van der Waals surface area contributed by atoms with Crippen molar-refractivity contribution in [3.63, 3.8) is 0 Å².